The Morgan fingerprint density at radius 1 is 1.11 bits per heavy atom. The number of amides is 1. The number of phenolic OH excluding ortho intramolecular Hbond substituents is 1. The minimum Gasteiger partial charge on any atom is -0.508 e. The molecule has 1 fully saturated rings. The number of Topliss-reactive ketones (excluding diaryl/α,β-unsaturated/α-hetero) is 2. The van der Waals surface area contributed by atoms with Crippen LogP contribution >= 0.6 is 0 Å². The average molecular weight is 518 g/mol. The van der Waals surface area contributed by atoms with Crippen LogP contribution in [0.4, 0.5) is 0 Å². The zero-order chi connectivity index (χ0) is 27.5. The molecule has 2 aromatic rings. The lowest BCUT2D eigenvalue weighted by Crippen LogP contribution is -2.63. The molecule has 5 rings (SSSR count). The lowest BCUT2D eigenvalue weighted by atomic mass is 9.56. The molecule has 1 amide bonds. The second-order valence-electron chi connectivity index (χ2n) is 9.94. The SMILES string of the molecule is CCCc1ccc(/C=C2\c3cccc(O)c3C(O)=C3C(=O)[C@]4(O)C(O)=C(C(N)=O)C(=O)C[C@@H]4[C@@H](O)[C@@H]32)cc1. The highest BCUT2D eigenvalue weighted by atomic mass is 16.4. The normalized spacial score (nSPS) is 27.8. The van der Waals surface area contributed by atoms with E-state index in [-0.39, 0.29) is 11.3 Å². The summed E-state index contributed by atoms with van der Waals surface area (Å²) in [7, 11) is 0. The Bertz CT molecular complexity index is 1480. The molecule has 0 bridgehead atoms. The zero-order valence-corrected chi connectivity index (χ0v) is 20.5. The third-order valence-corrected chi connectivity index (χ3v) is 7.74. The summed E-state index contributed by atoms with van der Waals surface area (Å²) < 4.78 is 0. The van der Waals surface area contributed by atoms with Crippen molar-refractivity contribution in [2.75, 3.05) is 0 Å². The van der Waals surface area contributed by atoms with E-state index < -0.39 is 70.1 Å². The highest BCUT2D eigenvalue weighted by Crippen LogP contribution is 2.55. The molecule has 3 aliphatic carbocycles. The molecule has 2 aromatic carbocycles. The number of hydrogen-bond donors (Lipinski definition) is 6. The van der Waals surface area contributed by atoms with E-state index in [0.717, 1.165) is 18.4 Å². The standard InChI is InChI=1S/C29H27NO8/c1-2-4-13-7-9-14(10-8-13)11-16-15-5-3-6-18(31)20(15)25(34)23-21(16)24(33)17-12-19(32)22(28(30)37)26(35)29(17,38)27(23)36/h3,5-11,17,21,24,31,33-35,38H,2,4,12H2,1H3,(H2,30,37)/b16-11+/t17-,21-,24-,29-/m1/s1. The molecule has 38 heavy (non-hydrogen) atoms. The first kappa shape index (κ1) is 25.4. The molecule has 0 saturated heterocycles. The summed E-state index contributed by atoms with van der Waals surface area (Å²) in [6, 6.07) is 12.1. The van der Waals surface area contributed by atoms with Crippen molar-refractivity contribution < 1.29 is 39.9 Å². The van der Waals surface area contributed by atoms with Crippen LogP contribution < -0.4 is 5.73 Å². The number of carbonyl (C=O) groups excluding carboxylic acids is 3. The number of aryl methyl sites for hydroxylation is 1. The van der Waals surface area contributed by atoms with Crippen molar-refractivity contribution in [3.63, 3.8) is 0 Å². The fraction of sp³-hybridized carbons (Fsp3) is 0.276. The minimum absolute atomic E-state index is 0.0827. The lowest BCUT2D eigenvalue weighted by molar-refractivity contribution is -0.157. The molecule has 0 spiro atoms. The molecule has 1 saturated carbocycles. The lowest BCUT2D eigenvalue weighted by Gasteiger charge is -2.49. The number of hydrogen-bond acceptors (Lipinski definition) is 8. The van der Waals surface area contributed by atoms with Crippen molar-refractivity contribution in [2.24, 2.45) is 17.6 Å². The van der Waals surface area contributed by atoms with Crippen LogP contribution in [0, 0.1) is 11.8 Å². The fourth-order valence-corrected chi connectivity index (χ4v) is 5.94. The first-order valence-corrected chi connectivity index (χ1v) is 12.3. The van der Waals surface area contributed by atoms with Gasteiger partial charge in [-0.15, -0.1) is 0 Å². The van der Waals surface area contributed by atoms with E-state index in [9.17, 15) is 39.9 Å². The number of nitrogens with two attached hydrogens (primary N) is 1. The van der Waals surface area contributed by atoms with Crippen LogP contribution in [0.15, 0.2) is 59.4 Å². The van der Waals surface area contributed by atoms with E-state index in [1.165, 1.54) is 6.07 Å². The van der Waals surface area contributed by atoms with Crippen LogP contribution in [0.2, 0.25) is 0 Å². The number of aliphatic hydroxyl groups excluding tert-OH is 3. The Morgan fingerprint density at radius 2 is 1.79 bits per heavy atom. The van der Waals surface area contributed by atoms with Crippen molar-refractivity contribution in [2.45, 2.75) is 37.9 Å². The maximum Gasteiger partial charge on any atom is 0.255 e. The van der Waals surface area contributed by atoms with E-state index in [1.807, 2.05) is 24.3 Å². The number of aliphatic hydroxyl groups is 4. The second kappa shape index (κ2) is 8.97. The van der Waals surface area contributed by atoms with Crippen LogP contribution in [0.25, 0.3) is 17.4 Å². The zero-order valence-electron chi connectivity index (χ0n) is 20.5. The third kappa shape index (κ3) is 3.50. The molecule has 9 heteroatoms. The fourth-order valence-electron chi connectivity index (χ4n) is 5.94. The topological polar surface area (TPSA) is 178 Å². The molecule has 0 aliphatic heterocycles. The number of rotatable bonds is 4. The predicted molar refractivity (Wildman–Crippen MR) is 137 cm³/mol. The molecule has 0 unspecified atom stereocenters. The Kier molecular flexibility index (Phi) is 6.00. The van der Waals surface area contributed by atoms with Crippen LogP contribution in [-0.4, -0.2) is 54.7 Å². The largest absolute Gasteiger partial charge is 0.508 e. The summed E-state index contributed by atoms with van der Waals surface area (Å²) in [4.78, 5) is 38.4. The van der Waals surface area contributed by atoms with Gasteiger partial charge in [0.05, 0.1) is 17.2 Å². The average Bonchev–Trinajstić information content (AvgIpc) is 2.87. The summed E-state index contributed by atoms with van der Waals surface area (Å²) in [5.41, 5.74) is 3.44. The van der Waals surface area contributed by atoms with E-state index in [2.05, 4.69) is 6.92 Å². The van der Waals surface area contributed by atoms with Gasteiger partial charge < -0.3 is 31.3 Å². The molecular formula is C29H27NO8. The van der Waals surface area contributed by atoms with Gasteiger partial charge in [0, 0.05) is 18.3 Å². The van der Waals surface area contributed by atoms with Crippen LogP contribution in [-0.2, 0) is 20.8 Å². The van der Waals surface area contributed by atoms with Crippen molar-refractivity contribution in [3.05, 3.63) is 81.6 Å². The van der Waals surface area contributed by atoms with Gasteiger partial charge in [0.2, 0.25) is 5.78 Å². The van der Waals surface area contributed by atoms with E-state index in [1.54, 1.807) is 18.2 Å². The van der Waals surface area contributed by atoms with Gasteiger partial charge in [-0.05, 0) is 34.8 Å². The first-order valence-electron chi connectivity index (χ1n) is 12.3. The highest BCUT2D eigenvalue weighted by Gasteiger charge is 2.64. The second-order valence-corrected chi connectivity index (χ2v) is 9.94. The first-order chi connectivity index (χ1) is 18.0. The molecule has 3 aliphatic rings. The van der Waals surface area contributed by atoms with Crippen LogP contribution in [0.3, 0.4) is 0 Å². The minimum atomic E-state index is -2.88. The molecule has 0 radical (unpaired) electrons. The summed E-state index contributed by atoms with van der Waals surface area (Å²) in [5, 5.41) is 55.6. The van der Waals surface area contributed by atoms with Crippen molar-refractivity contribution in [3.8, 4) is 5.75 Å². The van der Waals surface area contributed by atoms with Gasteiger partial charge in [-0.1, -0.05) is 55.8 Å². The van der Waals surface area contributed by atoms with E-state index in [0.29, 0.717) is 16.7 Å². The smallest absolute Gasteiger partial charge is 0.255 e. The van der Waals surface area contributed by atoms with Crippen LogP contribution in [0.5, 0.6) is 5.75 Å². The summed E-state index contributed by atoms with van der Waals surface area (Å²) in [5.74, 6) is -8.47. The monoisotopic (exact) mass is 517 g/mol. The number of benzene rings is 2. The Labute approximate surface area is 217 Å². The molecule has 0 aromatic heterocycles. The quantitative estimate of drug-likeness (QED) is 0.335. The van der Waals surface area contributed by atoms with Gasteiger partial charge in [0.1, 0.15) is 22.8 Å². The number of ketones is 2. The number of carbonyl (C=O) groups is 3. The van der Waals surface area contributed by atoms with E-state index in [4.69, 9.17) is 5.73 Å². The van der Waals surface area contributed by atoms with Gasteiger partial charge in [-0.3, -0.25) is 14.4 Å². The van der Waals surface area contributed by atoms with Gasteiger partial charge in [0.15, 0.2) is 11.4 Å². The van der Waals surface area contributed by atoms with Crippen molar-refractivity contribution in [1.29, 1.82) is 0 Å². The summed E-state index contributed by atoms with van der Waals surface area (Å²) >= 11 is 0. The predicted octanol–water partition coefficient (Wildman–Crippen LogP) is 2.35. The summed E-state index contributed by atoms with van der Waals surface area (Å²) in [6.45, 7) is 2.07. The van der Waals surface area contributed by atoms with Gasteiger partial charge in [-0.2, -0.15) is 0 Å². The Hall–Kier alpha value is -4.21. The number of aromatic hydroxyl groups is 1. The molecular weight excluding hydrogens is 490 g/mol. The number of phenols is 1. The van der Waals surface area contributed by atoms with E-state index >= 15 is 0 Å². The van der Waals surface area contributed by atoms with Crippen molar-refractivity contribution >= 4 is 34.9 Å². The van der Waals surface area contributed by atoms with Gasteiger partial charge in [0.25, 0.3) is 5.91 Å². The van der Waals surface area contributed by atoms with Gasteiger partial charge in [-0.25, -0.2) is 0 Å². The number of fused-ring (bicyclic) bond motifs is 3. The molecule has 7 N–H and O–H groups in total. The molecule has 4 atom stereocenters. The highest BCUT2D eigenvalue weighted by molar-refractivity contribution is 6.23. The van der Waals surface area contributed by atoms with Crippen LogP contribution in [0.1, 0.15) is 42.0 Å². The van der Waals surface area contributed by atoms with Gasteiger partial charge >= 0.3 is 0 Å². The Balaban J connectivity index is 1.76. The maximum atomic E-state index is 13.8. The maximum absolute atomic E-state index is 13.8. The molecule has 9 nitrogen and oxygen atoms in total. The molecule has 0 heterocycles. The molecule has 196 valence electrons. The van der Waals surface area contributed by atoms with Crippen molar-refractivity contribution in [1.82, 2.24) is 0 Å². The third-order valence-electron chi connectivity index (χ3n) is 7.74. The number of primary amides is 1. The Morgan fingerprint density at radius 3 is 2.42 bits per heavy atom. The summed E-state index contributed by atoms with van der Waals surface area (Å²) in [6.07, 6.45) is 1.29.